The van der Waals surface area contributed by atoms with E-state index < -0.39 is 6.04 Å². The lowest BCUT2D eigenvalue weighted by Crippen LogP contribution is -2.37. The van der Waals surface area contributed by atoms with Crippen molar-refractivity contribution >= 4 is 5.91 Å². The predicted octanol–water partition coefficient (Wildman–Crippen LogP) is 2.95. The summed E-state index contributed by atoms with van der Waals surface area (Å²) in [6.07, 6.45) is 3.61. The lowest BCUT2D eigenvalue weighted by atomic mass is 9.89. The normalized spacial score (nSPS) is 13.6. The van der Waals surface area contributed by atoms with Gasteiger partial charge in [0.25, 0.3) is 0 Å². The van der Waals surface area contributed by atoms with E-state index in [4.69, 9.17) is 5.73 Å². The highest BCUT2D eigenvalue weighted by Gasteiger charge is 2.20. The summed E-state index contributed by atoms with van der Waals surface area (Å²) < 4.78 is 0. The zero-order valence-corrected chi connectivity index (χ0v) is 14.0. The van der Waals surface area contributed by atoms with Gasteiger partial charge in [0, 0.05) is 24.9 Å². The molecule has 2 atom stereocenters. The van der Waals surface area contributed by atoms with Crippen LogP contribution in [0.1, 0.15) is 42.5 Å². The molecule has 1 amide bonds. The molecule has 2 aromatic rings. The summed E-state index contributed by atoms with van der Waals surface area (Å²) in [6, 6.07) is 11.1. The summed E-state index contributed by atoms with van der Waals surface area (Å²) in [4.78, 5) is 16.5. The molecule has 0 aliphatic heterocycles. The zero-order chi connectivity index (χ0) is 16.8. The molecule has 0 saturated carbocycles. The molecule has 0 aliphatic carbocycles. The summed E-state index contributed by atoms with van der Waals surface area (Å²) in [5, 5.41) is 2.98. The Morgan fingerprint density at radius 2 is 1.87 bits per heavy atom. The van der Waals surface area contributed by atoms with Crippen molar-refractivity contribution in [2.45, 2.75) is 32.7 Å². The van der Waals surface area contributed by atoms with Gasteiger partial charge in [0.05, 0.1) is 0 Å². The molecule has 1 heterocycles. The zero-order valence-electron chi connectivity index (χ0n) is 14.0. The Balaban J connectivity index is 2.00. The Kier molecular flexibility index (Phi) is 5.88. The first kappa shape index (κ1) is 17.2. The van der Waals surface area contributed by atoms with Crippen LogP contribution in [-0.4, -0.2) is 17.4 Å². The lowest BCUT2D eigenvalue weighted by Gasteiger charge is -2.22. The van der Waals surface area contributed by atoms with Gasteiger partial charge in [-0.15, -0.1) is 0 Å². The van der Waals surface area contributed by atoms with Crippen LogP contribution >= 0.6 is 0 Å². The number of hydrogen-bond donors (Lipinski definition) is 2. The Hall–Kier alpha value is -2.20. The van der Waals surface area contributed by atoms with Crippen molar-refractivity contribution in [3.63, 3.8) is 0 Å². The van der Waals surface area contributed by atoms with Crippen LogP contribution < -0.4 is 11.1 Å². The first-order chi connectivity index (χ1) is 11.0. The fourth-order valence-corrected chi connectivity index (χ4v) is 2.58. The summed E-state index contributed by atoms with van der Waals surface area (Å²) in [6.45, 7) is 6.85. The molecule has 23 heavy (non-hydrogen) atoms. The molecule has 0 spiro atoms. The van der Waals surface area contributed by atoms with Crippen LogP contribution in [0.25, 0.3) is 0 Å². The third-order valence-corrected chi connectivity index (χ3v) is 4.13. The van der Waals surface area contributed by atoms with Gasteiger partial charge < -0.3 is 11.1 Å². The van der Waals surface area contributed by atoms with Crippen molar-refractivity contribution in [2.24, 2.45) is 11.7 Å². The summed E-state index contributed by atoms with van der Waals surface area (Å²) >= 11 is 0. The maximum absolute atomic E-state index is 12.3. The molecule has 0 bridgehead atoms. The largest absolute Gasteiger partial charge is 0.354 e. The molecule has 1 aromatic carbocycles. The second kappa shape index (κ2) is 7.88. The SMILES string of the molecule is Cc1ccc(C(N)C(=O)NCC(c2cccnc2)C(C)C)cc1. The quantitative estimate of drug-likeness (QED) is 0.862. The second-order valence-corrected chi connectivity index (χ2v) is 6.27. The number of aryl methyl sites for hydroxylation is 1. The topological polar surface area (TPSA) is 68.0 Å². The number of aromatic nitrogens is 1. The fourth-order valence-electron chi connectivity index (χ4n) is 2.58. The van der Waals surface area contributed by atoms with Gasteiger partial charge in [0.15, 0.2) is 0 Å². The molecule has 2 rings (SSSR count). The van der Waals surface area contributed by atoms with E-state index in [1.165, 1.54) is 0 Å². The third-order valence-electron chi connectivity index (χ3n) is 4.13. The molecule has 0 radical (unpaired) electrons. The number of amides is 1. The minimum atomic E-state index is -0.641. The average molecular weight is 311 g/mol. The number of nitrogens with two attached hydrogens (primary N) is 1. The number of carbonyl (C=O) groups is 1. The molecular formula is C19H25N3O. The van der Waals surface area contributed by atoms with Gasteiger partial charge in [0.2, 0.25) is 5.91 Å². The fraction of sp³-hybridized carbons (Fsp3) is 0.368. The number of benzene rings is 1. The minimum absolute atomic E-state index is 0.150. The number of nitrogens with one attached hydrogen (secondary N) is 1. The standard InChI is InChI=1S/C19H25N3O/c1-13(2)17(16-5-4-10-21-11-16)12-22-19(23)18(20)15-8-6-14(3)7-9-15/h4-11,13,17-18H,12,20H2,1-3H3,(H,22,23). The molecule has 0 saturated heterocycles. The monoisotopic (exact) mass is 311 g/mol. The molecule has 4 nitrogen and oxygen atoms in total. The Morgan fingerprint density at radius 3 is 2.43 bits per heavy atom. The van der Waals surface area contributed by atoms with Crippen molar-refractivity contribution in [3.05, 3.63) is 65.5 Å². The maximum atomic E-state index is 12.3. The van der Waals surface area contributed by atoms with Crippen LogP contribution in [0.5, 0.6) is 0 Å². The molecule has 122 valence electrons. The van der Waals surface area contributed by atoms with Gasteiger partial charge in [-0.05, 0) is 30.0 Å². The van der Waals surface area contributed by atoms with E-state index in [1.807, 2.05) is 49.5 Å². The van der Waals surface area contributed by atoms with Gasteiger partial charge in [0.1, 0.15) is 6.04 Å². The van der Waals surface area contributed by atoms with Crippen molar-refractivity contribution in [2.75, 3.05) is 6.54 Å². The Labute approximate surface area is 138 Å². The van der Waals surface area contributed by atoms with Crippen molar-refractivity contribution in [1.82, 2.24) is 10.3 Å². The minimum Gasteiger partial charge on any atom is -0.354 e. The number of hydrogen-bond acceptors (Lipinski definition) is 3. The molecule has 4 heteroatoms. The third kappa shape index (κ3) is 4.63. The molecule has 2 unspecified atom stereocenters. The number of rotatable bonds is 6. The summed E-state index contributed by atoms with van der Waals surface area (Å²) in [5.74, 6) is 0.469. The van der Waals surface area contributed by atoms with E-state index in [-0.39, 0.29) is 11.8 Å². The van der Waals surface area contributed by atoms with Crippen molar-refractivity contribution in [3.8, 4) is 0 Å². The number of pyridine rings is 1. The number of carbonyl (C=O) groups excluding carboxylic acids is 1. The van der Waals surface area contributed by atoms with Gasteiger partial charge >= 0.3 is 0 Å². The van der Waals surface area contributed by atoms with Crippen LogP contribution in [0.2, 0.25) is 0 Å². The van der Waals surface area contributed by atoms with Crippen molar-refractivity contribution in [1.29, 1.82) is 0 Å². The molecular weight excluding hydrogens is 286 g/mol. The number of nitrogens with zero attached hydrogens (tertiary/aromatic N) is 1. The average Bonchev–Trinajstić information content (AvgIpc) is 2.55. The van der Waals surface area contributed by atoms with Crippen LogP contribution in [0.4, 0.5) is 0 Å². The van der Waals surface area contributed by atoms with Gasteiger partial charge in [-0.3, -0.25) is 9.78 Å². The first-order valence-corrected chi connectivity index (χ1v) is 7.99. The Bertz CT molecular complexity index is 623. The maximum Gasteiger partial charge on any atom is 0.241 e. The first-order valence-electron chi connectivity index (χ1n) is 7.99. The van der Waals surface area contributed by atoms with E-state index in [9.17, 15) is 4.79 Å². The van der Waals surface area contributed by atoms with E-state index in [0.29, 0.717) is 12.5 Å². The molecule has 0 fully saturated rings. The van der Waals surface area contributed by atoms with Crippen LogP contribution in [0, 0.1) is 12.8 Å². The smallest absolute Gasteiger partial charge is 0.241 e. The van der Waals surface area contributed by atoms with Gasteiger partial charge in [-0.1, -0.05) is 49.7 Å². The van der Waals surface area contributed by atoms with Crippen LogP contribution in [-0.2, 0) is 4.79 Å². The van der Waals surface area contributed by atoms with Crippen molar-refractivity contribution < 1.29 is 4.79 Å². The van der Waals surface area contributed by atoms with E-state index in [0.717, 1.165) is 16.7 Å². The van der Waals surface area contributed by atoms with E-state index in [2.05, 4.69) is 24.1 Å². The van der Waals surface area contributed by atoms with Crippen LogP contribution in [0.3, 0.4) is 0 Å². The molecule has 0 aliphatic rings. The predicted molar refractivity (Wildman–Crippen MR) is 92.9 cm³/mol. The highest BCUT2D eigenvalue weighted by Crippen LogP contribution is 2.23. The highest BCUT2D eigenvalue weighted by atomic mass is 16.2. The molecule has 3 N–H and O–H groups in total. The summed E-state index contributed by atoms with van der Waals surface area (Å²) in [5.41, 5.74) is 9.18. The van der Waals surface area contributed by atoms with E-state index >= 15 is 0 Å². The van der Waals surface area contributed by atoms with E-state index in [1.54, 1.807) is 6.20 Å². The van der Waals surface area contributed by atoms with Crippen LogP contribution in [0.15, 0.2) is 48.8 Å². The molecule has 1 aromatic heterocycles. The van der Waals surface area contributed by atoms with Gasteiger partial charge in [-0.25, -0.2) is 0 Å². The lowest BCUT2D eigenvalue weighted by molar-refractivity contribution is -0.122. The Morgan fingerprint density at radius 1 is 1.17 bits per heavy atom. The second-order valence-electron chi connectivity index (χ2n) is 6.27. The highest BCUT2D eigenvalue weighted by molar-refractivity contribution is 5.83. The summed E-state index contributed by atoms with van der Waals surface area (Å²) in [7, 11) is 0. The van der Waals surface area contributed by atoms with Gasteiger partial charge in [-0.2, -0.15) is 0 Å².